The van der Waals surface area contributed by atoms with Crippen LogP contribution in [0.4, 0.5) is 21.2 Å². The largest absolute Gasteiger partial charge is 0.512 e. The molecule has 10 nitrogen and oxygen atoms in total. The zero-order valence-corrected chi connectivity index (χ0v) is 15.4. The molecule has 0 aromatic carbocycles. The Hall–Kier alpha value is -2.08. The average Bonchev–Trinajstić information content (AvgIpc) is 2.63. The average molecular weight is 402 g/mol. The topological polar surface area (TPSA) is 125 Å². The van der Waals surface area contributed by atoms with Crippen LogP contribution in [0.5, 0.6) is 11.8 Å². The van der Waals surface area contributed by atoms with E-state index < -0.39 is 12.3 Å². The van der Waals surface area contributed by atoms with Crippen LogP contribution in [0.25, 0.3) is 0 Å². The van der Waals surface area contributed by atoms with E-state index in [2.05, 4.69) is 9.97 Å². The van der Waals surface area contributed by atoms with Crippen molar-refractivity contribution < 1.29 is 29.3 Å². The highest BCUT2D eigenvalue weighted by molar-refractivity contribution is 7.99. The normalized spacial score (nSPS) is 17.7. The smallest absolute Gasteiger partial charge is 0.449 e. The Labute approximate surface area is 157 Å². The second kappa shape index (κ2) is 8.54. The van der Waals surface area contributed by atoms with Gasteiger partial charge < -0.3 is 29.5 Å². The van der Waals surface area contributed by atoms with Crippen LogP contribution in [0.3, 0.4) is 0 Å². The molecule has 0 bridgehead atoms. The van der Waals surface area contributed by atoms with Gasteiger partial charge in [0.15, 0.2) is 11.6 Å². The van der Waals surface area contributed by atoms with Gasteiger partial charge in [0.2, 0.25) is 0 Å². The quantitative estimate of drug-likeness (QED) is 0.712. The molecule has 2 N–H and O–H groups in total. The summed E-state index contributed by atoms with van der Waals surface area (Å²) in [6.45, 7) is 2.51. The van der Waals surface area contributed by atoms with Crippen molar-refractivity contribution in [1.29, 1.82) is 0 Å². The van der Waals surface area contributed by atoms with Gasteiger partial charge in [-0.25, -0.2) is 9.59 Å². The molecule has 0 saturated carbocycles. The van der Waals surface area contributed by atoms with Gasteiger partial charge in [-0.1, -0.05) is 0 Å². The van der Waals surface area contributed by atoms with E-state index >= 15 is 0 Å². The van der Waals surface area contributed by atoms with Crippen LogP contribution in [0, 0.1) is 0 Å². The van der Waals surface area contributed by atoms with Crippen LogP contribution in [0.15, 0.2) is 0 Å². The van der Waals surface area contributed by atoms with Gasteiger partial charge in [-0.05, 0) is 0 Å². The molecule has 2 fully saturated rings. The zero-order chi connectivity index (χ0) is 18.5. The summed E-state index contributed by atoms with van der Waals surface area (Å²) in [6.07, 6.45) is -3.00. The van der Waals surface area contributed by atoms with E-state index in [9.17, 15) is 9.59 Å². The molecule has 3 rings (SSSR count). The van der Waals surface area contributed by atoms with Gasteiger partial charge in [0.25, 0.3) is 11.8 Å². The Bertz CT molecular complexity index is 622. The Morgan fingerprint density at radius 2 is 1.12 bits per heavy atom. The molecule has 142 valence electrons. The first kappa shape index (κ1) is 18.7. The number of carbonyl (C=O) groups is 2. The van der Waals surface area contributed by atoms with Crippen molar-refractivity contribution in [2.24, 2.45) is 0 Å². The Morgan fingerprint density at radius 1 is 0.769 bits per heavy atom. The number of rotatable bonds is 4. The molecule has 0 atom stereocenters. The van der Waals surface area contributed by atoms with Gasteiger partial charge in [-0.2, -0.15) is 33.5 Å². The fourth-order valence-electron chi connectivity index (χ4n) is 2.65. The Morgan fingerprint density at radius 3 is 1.42 bits per heavy atom. The zero-order valence-electron chi connectivity index (χ0n) is 13.8. The lowest BCUT2D eigenvalue weighted by Gasteiger charge is -2.31. The van der Waals surface area contributed by atoms with Gasteiger partial charge in [0.05, 0.1) is 0 Å². The Balaban J connectivity index is 2.03. The van der Waals surface area contributed by atoms with Crippen molar-refractivity contribution >= 4 is 47.5 Å². The second-order valence-electron chi connectivity index (χ2n) is 5.42. The third-order valence-electron chi connectivity index (χ3n) is 3.79. The fourth-order valence-corrected chi connectivity index (χ4v) is 4.46. The third-order valence-corrected chi connectivity index (χ3v) is 5.67. The summed E-state index contributed by atoms with van der Waals surface area (Å²) in [5.74, 6) is 3.41. The number of hydrogen-bond acceptors (Lipinski definition) is 10. The number of anilines is 2. The highest BCUT2D eigenvalue weighted by atomic mass is 32.2. The highest BCUT2D eigenvalue weighted by Gasteiger charge is 2.28. The first-order chi connectivity index (χ1) is 12.5. The van der Waals surface area contributed by atoms with E-state index in [4.69, 9.17) is 19.7 Å². The van der Waals surface area contributed by atoms with Gasteiger partial charge >= 0.3 is 12.3 Å². The van der Waals surface area contributed by atoms with E-state index in [-0.39, 0.29) is 23.4 Å². The molecule has 12 heteroatoms. The van der Waals surface area contributed by atoms with Crippen LogP contribution in [0.1, 0.15) is 0 Å². The van der Waals surface area contributed by atoms with Gasteiger partial charge in [0, 0.05) is 49.2 Å². The molecule has 2 aliphatic heterocycles. The molecule has 0 spiro atoms. The van der Waals surface area contributed by atoms with E-state index in [1.165, 1.54) is 0 Å². The summed E-state index contributed by atoms with van der Waals surface area (Å²) in [7, 11) is 0. The summed E-state index contributed by atoms with van der Waals surface area (Å²) in [6, 6.07) is 0. The van der Waals surface area contributed by atoms with Crippen LogP contribution in [-0.4, -0.2) is 81.7 Å². The lowest BCUT2D eigenvalue weighted by Crippen LogP contribution is -2.36. The lowest BCUT2D eigenvalue weighted by atomic mass is 10.4. The number of aromatic nitrogens is 2. The molecule has 0 radical (unpaired) electrons. The number of thioether (sulfide) groups is 2. The van der Waals surface area contributed by atoms with Gasteiger partial charge in [0.1, 0.15) is 0 Å². The second-order valence-corrected chi connectivity index (χ2v) is 7.87. The number of hydrogen-bond donors (Lipinski definition) is 2. The van der Waals surface area contributed by atoms with Crippen LogP contribution in [-0.2, 0) is 0 Å². The first-order valence-electron chi connectivity index (χ1n) is 7.93. The third kappa shape index (κ3) is 4.55. The maximum Gasteiger partial charge on any atom is 0.512 e. The van der Waals surface area contributed by atoms with E-state index in [0.29, 0.717) is 26.2 Å². The molecule has 0 aliphatic carbocycles. The molecule has 26 heavy (non-hydrogen) atoms. The molecule has 3 heterocycles. The predicted octanol–water partition coefficient (Wildman–Crippen LogP) is 1.70. The minimum absolute atomic E-state index is 0.157. The number of nitrogens with zero attached hydrogens (tertiary/aromatic N) is 4. The highest BCUT2D eigenvalue weighted by Crippen LogP contribution is 2.35. The number of ether oxygens (including phenoxy) is 2. The maximum atomic E-state index is 11.1. The van der Waals surface area contributed by atoms with Crippen molar-refractivity contribution in [2.75, 3.05) is 59.0 Å². The van der Waals surface area contributed by atoms with Crippen LogP contribution >= 0.6 is 23.5 Å². The SMILES string of the molecule is O=C(O)Oc1nc(N2CCSCC2)c(OC(=O)O)nc1N1CCSCC1. The van der Waals surface area contributed by atoms with Crippen molar-refractivity contribution in [1.82, 2.24) is 9.97 Å². The van der Waals surface area contributed by atoms with Crippen molar-refractivity contribution in [3.05, 3.63) is 0 Å². The van der Waals surface area contributed by atoms with E-state index in [1.807, 2.05) is 9.80 Å². The fraction of sp³-hybridized carbons (Fsp3) is 0.571. The molecule has 1 aromatic heterocycles. The van der Waals surface area contributed by atoms with Crippen molar-refractivity contribution in [2.45, 2.75) is 0 Å². The molecule has 0 amide bonds. The molecular formula is C14H18N4O6S2. The molecular weight excluding hydrogens is 384 g/mol. The minimum Gasteiger partial charge on any atom is -0.449 e. The van der Waals surface area contributed by atoms with Gasteiger partial charge in [-0.3, -0.25) is 0 Å². The summed E-state index contributed by atoms with van der Waals surface area (Å²) < 4.78 is 9.70. The molecule has 1 aromatic rings. The summed E-state index contributed by atoms with van der Waals surface area (Å²) in [4.78, 5) is 34.4. The maximum absolute atomic E-state index is 11.1. The summed E-state index contributed by atoms with van der Waals surface area (Å²) >= 11 is 3.54. The van der Waals surface area contributed by atoms with Crippen molar-refractivity contribution in [3.8, 4) is 11.8 Å². The standard InChI is InChI=1S/C14H18N4O6S2/c19-13(20)23-11-9(17-1-5-25-6-2-17)15-12(24-14(21)22)10(16-11)18-3-7-26-8-4-18/h1-8H2,(H,19,20)(H,21,22). The monoisotopic (exact) mass is 402 g/mol. The lowest BCUT2D eigenvalue weighted by molar-refractivity contribution is 0.138. The van der Waals surface area contributed by atoms with Gasteiger partial charge in [-0.15, -0.1) is 0 Å². The summed E-state index contributed by atoms with van der Waals surface area (Å²) in [5.41, 5.74) is 0. The number of carboxylic acid groups (broad SMARTS) is 2. The van der Waals surface area contributed by atoms with Crippen LogP contribution in [0.2, 0.25) is 0 Å². The minimum atomic E-state index is -1.50. The van der Waals surface area contributed by atoms with E-state index in [1.54, 1.807) is 23.5 Å². The molecule has 0 unspecified atom stereocenters. The summed E-state index contributed by atoms with van der Waals surface area (Å²) in [5, 5.41) is 18.1. The Kier molecular flexibility index (Phi) is 6.14. The van der Waals surface area contributed by atoms with Crippen LogP contribution < -0.4 is 19.3 Å². The van der Waals surface area contributed by atoms with E-state index in [0.717, 1.165) is 23.0 Å². The predicted molar refractivity (Wildman–Crippen MR) is 98.4 cm³/mol. The molecule has 2 aliphatic rings. The molecule has 2 saturated heterocycles. The van der Waals surface area contributed by atoms with Crippen molar-refractivity contribution in [3.63, 3.8) is 0 Å². The first-order valence-corrected chi connectivity index (χ1v) is 10.2.